The molecule has 2 aromatic rings. The highest BCUT2D eigenvalue weighted by Crippen LogP contribution is 2.19. The molecule has 158 valence electrons. The lowest BCUT2D eigenvalue weighted by molar-refractivity contribution is 0.0458. The Balaban J connectivity index is 1.65. The second kappa shape index (κ2) is 10.2. The van der Waals surface area contributed by atoms with Crippen molar-refractivity contribution in [1.82, 2.24) is 15.1 Å². The topological polar surface area (TPSA) is 95.6 Å². The largest absolute Gasteiger partial charge is 0.460 e. The molecule has 0 bridgehead atoms. The smallest absolute Gasteiger partial charge is 0.374 e. The number of furan rings is 1. The Hall–Kier alpha value is -2.61. The summed E-state index contributed by atoms with van der Waals surface area (Å²) in [4.78, 5) is 24.7. The minimum absolute atomic E-state index is 0.0652. The van der Waals surface area contributed by atoms with Crippen LogP contribution in [0.15, 0.2) is 16.7 Å². The van der Waals surface area contributed by atoms with Gasteiger partial charge in [0.2, 0.25) is 5.76 Å². The number of rotatable bonds is 6. The fourth-order valence-electron chi connectivity index (χ4n) is 3.40. The maximum absolute atomic E-state index is 12.7. The number of aryl methyl sites for hydroxylation is 3. The molecule has 29 heavy (non-hydrogen) atoms. The summed E-state index contributed by atoms with van der Waals surface area (Å²) in [7, 11) is 0. The highest BCUT2D eigenvalue weighted by atomic mass is 16.5. The third-order valence-electron chi connectivity index (χ3n) is 4.82. The van der Waals surface area contributed by atoms with E-state index < -0.39 is 5.97 Å². The van der Waals surface area contributed by atoms with E-state index >= 15 is 0 Å². The Bertz CT molecular complexity index is 839. The van der Waals surface area contributed by atoms with Crippen LogP contribution < -0.4 is 5.32 Å². The lowest BCUT2D eigenvalue weighted by Gasteiger charge is -2.10. The van der Waals surface area contributed by atoms with Gasteiger partial charge in [-0.25, -0.2) is 4.79 Å². The van der Waals surface area contributed by atoms with Gasteiger partial charge in [-0.15, -0.1) is 0 Å². The van der Waals surface area contributed by atoms with Crippen LogP contribution in [0.1, 0.15) is 64.1 Å². The molecule has 0 spiro atoms. The van der Waals surface area contributed by atoms with E-state index in [0.29, 0.717) is 44.7 Å². The van der Waals surface area contributed by atoms with E-state index in [9.17, 15) is 9.59 Å². The highest BCUT2D eigenvalue weighted by Gasteiger charge is 2.23. The molecule has 8 heteroatoms. The van der Waals surface area contributed by atoms with E-state index in [1.807, 2.05) is 18.5 Å². The molecule has 0 atom stereocenters. The first-order chi connectivity index (χ1) is 14.1. The molecule has 0 fully saturated rings. The van der Waals surface area contributed by atoms with Crippen molar-refractivity contribution in [2.45, 2.75) is 52.5 Å². The summed E-state index contributed by atoms with van der Waals surface area (Å²) in [5.74, 6) is -0.326. The van der Waals surface area contributed by atoms with E-state index in [1.54, 1.807) is 6.07 Å². The Kier molecular flexibility index (Phi) is 7.46. The zero-order valence-corrected chi connectivity index (χ0v) is 17.2. The van der Waals surface area contributed by atoms with Crippen LogP contribution in [-0.4, -0.2) is 48.0 Å². The maximum Gasteiger partial charge on any atom is 0.374 e. The van der Waals surface area contributed by atoms with E-state index in [0.717, 1.165) is 36.2 Å². The van der Waals surface area contributed by atoms with Gasteiger partial charge in [0.05, 0.1) is 29.8 Å². The Morgan fingerprint density at radius 1 is 1.34 bits per heavy atom. The van der Waals surface area contributed by atoms with Gasteiger partial charge in [-0.1, -0.05) is 6.92 Å². The number of ether oxygens (including phenoxy) is 2. The van der Waals surface area contributed by atoms with E-state index in [1.165, 1.54) is 6.26 Å². The molecule has 1 aliphatic heterocycles. The van der Waals surface area contributed by atoms with Crippen molar-refractivity contribution in [1.29, 1.82) is 0 Å². The summed E-state index contributed by atoms with van der Waals surface area (Å²) in [6, 6.07) is 1.65. The number of fused-ring (bicyclic) bond motifs is 1. The number of hydrogen-bond donors (Lipinski definition) is 1. The van der Waals surface area contributed by atoms with Crippen LogP contribution in [0.2, 0.25) is 0 Å². The summed E-state index contributed by atoms with van der Waals surface area (Å²) in [5, 5.41) is 7.64. The summed E-state index contributed by atoms with van der Waals surface area (Å²) < 4.78 is 17.9. The zero-order valence-electron chi connectivity index (χ0n) is 17.2. The van der Waals surface area contributed by atoms with Gasteiger partial charge in [-0.3, -0.25) is 9.48 Å². The van der Waals surface area contributed by atoms with Gasteiger partial charge < -0.3 is 19.2 Å². The number of hydrogen-bond acceptors (Lipinski definition) is 6. The minimum Gasteiger partial charge on any atom is -0.460 e. The molecule has 1 N–H and O–H groups in total. The number of esters is 1. The van der Waals surface area contributed by atoms with Crippen molar-refractivity contribution >= 4 is 11.9 Å². The lowest BCUT2D eigenvalue weighted by Crippen LogP contribution is -2.26. The second-order valence-electron chi connectivity index (χ2n) is 7.15. The molecule has 0 aliphatic carbocycles. The molecule has 0 unspecified atom stereocenters. The van der Waals surface area contributed by atoms with Crippen molar-refractivity contribution in [3.05, 3.63) is 40.6 Å². The van der Waals surface area contributed by atoms with Crippen LogP contribution in [-0.2, 0) is 28.9 Å². The van der Waals surface area contributed by atoms with Crippen LogP contribution in [0.5, 0.6) is 0 Å². The second-order valence-corrected chi connectivity index (χ2v) is 7.15. The van der Waals surface area contributed by atoms with Crippen molar-refractivity contribution in [2.75, 3.05) is 26.4 Å². The maximum atomic E-state index is 12.7. The monoisotopic (exact) mass is 403 g/mol. The number of carbonyl (C=O) groups excluding carboxylic acids is 2. The average molecular weight is 403 g/mol. The van der Waals surface area contributed by atoms with Gasteiger partial charge in [0.15, 0.2) is 0 Å². The number of carbonyl (C=O) groups is 2. The number of amides is 1. The average Bonchev–Trinajstić information content (AvgIpc) is 3.29. The molecule has 1 amide bonds. The summed E-state index contributed by atoms with van der Waals surface area (Å²) in [6.45, 7) is 6.59. The first-order valence-corrected chi connectivity index (χ1v) is 10.3. The molecular weight excluding hydrogens is 374 g/mol. The quantitative estimate of drug-likeness (QED) is 0.589. The standard InChI is InChI=1S/C21H29N3O5/c1-3-16-19-17(7-4-10-27-11-5-8-22-20(19)25)24(23-16)9-6-12-28-21(26)18-13-15(2)14-29-18/h13-14H,3-12H2,1-2H3,(H,22,25). The van der Waals surface area contributed by atoms with Crippen LogP contribution in [0.4, 0.5) is 0 Å². The van der Waals surface area contributed by atoms with E-state index in [2.05, 4.69) is 10.4 Å². The number of nitrogens with one attached hydrogen (secondary N) is 1. The van der Waals surface area contributed by atoms with Crippen molar-refractivity contribution in [3.63, 3.8) is 0 Å². The van der Waals surface area contributed by atoms with E-state index in [4.69, 9.17) is 13.9 Å². The predicted octanol–water partition coefficient (Wildman–Crippen LogP) is 2.68. The van der Waals surface area contributed by atoms with Crippen molar-refractivity contribution < 1.29 is 23.5 Å². The number of nitrogens with zero attached hydrogens (tertiary/aromatic N) is 2. The van der Waals surface area contributed by atoms with Crippen molar-refractivity contribution in [3.8, 4) is 0 Å². The molecule has 1 aliphatic rings. The van der Waals surface area contributed by atoms with Gasteiger partial charge in [0, 0.05) is 32.7 Å². The summed E-state index contributed by atoms with van der Waals surface area (Å²) in [5.41, 5.74) is 3.31. The molecule has 0 radical (unpaired) electrons. The fraction of sp³-hybridized carbons (Fsp3) is 0.571. The zero-order chi connectivity index (χ0) is 20.6. The van der Waals surface area contributed by atoms with Crippen LogP contribution in [0.25, 0.3) is 0 Å². The molecule has 8 nitrogen and oxygen atoms in total. The van der Waals surface area contributed by atoms with Crippen LogP contribution in [0, 0.1) is 6.92 Å². The highest BCUT2D eigenvalue weighted by molar-refractivity contribution is 5.96. The third kappa shape index (κ3) is 5.47. The minimum atomic E-state index is -0.469. The Morgan fingerprint density at radius 3 is 2.93 bits per heavy atom. The third-order valence-corrected chi connectivity index (χ3v) is 4.82. The van der Waals surface area contributed by atoms with Gasteiger partial charge in [0.25, 0.3) is 5.91 Å². The van der Waals surface area contributed by atoms with Gasteiger partial charge in [0.1, 0.15) is 0 Å². The van der Waals surface area contributed by atoms with Gasteiger partial charge in [-0.05, 0) is 44.2 Å². The SMILES string of the molecule is CCc1nn(CCCOC(=O)c2cc(C)co2)c2c1C(=O)NCCCOCCC2. The number of aromatic nitrogens is 2. The van der Waals surface area contributed by atoms with Gasteiger partial charge >= 0.3 is 5.97 Å². The van der Waals surface area contributed by atoms with Crippen LogP contribution >= 0.6 is 0 Å². The first kappa shape index (κ1) is 21.1. The first-order valence-electron chi connectivity index (χ1n) is 10.3. The molecule has 2 aromatic heterocycles. The lowest BCUT2D eigenvalue weighted by atomic mass is 10.1. The molecule has 3 heterocycles. The van der Waals surface area contributed by atoms with Gasteiger partial charge in [-0.2, -0.15) is 5.10 Å². The fourth-order valence-corrected chi connectivity index (χ4v) is 3.40. The van der Waals surface area contributed by atoms with Crippen LogP contribution in [0.3, 0.4) is 0 Å². The molecular formula is C21H29N3O5. The summed E-state index contributed by atoms with van der Waals surface area (Å²) in [6.07, 6.45) is 5.17. The molecule has 0 aromatic carbocycles. The normalized spacial score (nSPS) is 15.3. The Morgan fingerprint density at radius 2 is 2.17 bits per heavy atom. The molecule has 3 rings (SSSR count). The summed E-state index contributed by atoms with van der Waals surface area (Å²) >= 11 is 0. The molecule has 0 saturated carbocycles. The Labute approximate surface area is 170 Å². The predicted molar refractivity (Wildman–Crippen MR) is 106 cm³/mol. The molecule has 0 saturated heterocycles. The van der Waals surface area contributed by atoms with Crippen molar-refractivity contribution in [2.24, 2.45) is 0 Å². The van der Waals surface area contributed by atoms with E-state index in [-0.39, 0.29) is 18.3 Å².